The molecule has 3 unspecified atom stereocenters. The quantitative estimate of drug-likeness (QED) is 0.851. The minimum absolute atomic E-state index is 0. The molecule has 0 saturated carbocycles. The minimum Gasteiger partial charge on any atom is -0.372 e. The number of amides is 1. The van der Waals surface area contributed by atoms with E-state index in [1.165, 1.54) is 12.8 Å². The molecule has 1 amide bonds. The Labute approximate surface area is 116 Å². The zero-order valence-corrected chi connectivity index (χ0v) is 12.2. The minimum atomic E-state index is 0. The van der Waals surface area contributed by atoms with Gasteiger partial charge in [0.05, 0.1) is 12.2 Å². The summed E-state index contributed by atoms with van der Waals surface area (Å²) in [7, 11) is 0. The Kier molecular flexibility index (Phi) is 6.39. The normalized spacial score (nSPS) is 32.1. The highest BCUT2D eigenvalue weighted by Gasteiger charge is 2.26. The Hall–Kier alpha value is -0.320. The van der Waals surface area contributed by atoms with Crippen molar-refractivity contribution in [3.8, 4) is 0 Å². The Morgan fingerprint density at radius 3 is 2.56 bits per heavy atom. The predicted octanol–water partition coefficient (Wildman–Crippen LogP) is 1.58. The van der Waals surface area contributed by atoms with Gasteiger partial charge in [0.25, 0.3) is 0 Å². The summed E-state index contributed by atoms with van der Waals surface area (Å²) >= 11 is 0. The lowest BCUT2D eigenvalue weighted by Crippen LogP contribution is -2.48. The van der Waals surface area contributed by atoms with E-state index in [-0.39, 0.29) is 24.6 Å². The number of ether oxygens (including phenoxy) is 1. The zero-order chi connectivity index (χ0) is 12.3. The molecular weight excluding hydrogens is 252 g/mol. The van der Waals surface area contributed by atoms with Gasteiger partial charge in [0.2, 0.25) is 5.91 Å². The number of hydrogen-bond donors (Lipinski definition) is 1. The summed E-state index contributed by atoms with van der Waals surface area (Å²) < 4.78 is 5.64. The second-order valence-electron chi connectivity index (χ2n) is 5.39. The van der Waals surface area contributed by atoms with Crippen molar-refractivity contribution >= 4 is 18.3 Å². The number of nitrogens with zero attached hydrogens (tertiary/aromatic N) is 1. The molecular formula is C13H25ClN2O2. The lowest BCUT2D eigenvalue weighted by molar-refractivity contribution is -0.143. The Morgan fingerprint density at radius 2 is 2.00 bits per heavy atom. The molecule has 0 bridgehead atoms. The highest BCUT2D eigenvalue weighted by molar-refractivity contribution is 5.85. The smallest absolute Gasteiger partial charge is 0.222 e. The van der Waals surface area contributed by atoms with Gasteiger partial charge < -0.3 is 15.0 Å². The molecule has 18 heavy (non-hydrogen) atoms. The first-order valence-electron chi connectivity index (χ1n) is 6.82. The number of carbonyl (C=O) groups is 1. The molecule has 2 saturated heterocycles. The molecule has 2 fully saturated rings. The van der Waals surface area contributed by atoms with Crippen LogP contribution in [-0.4, -0.2) is 48.7 Å². The third kappa shape index (κ3) is 4.41. The third-order valence-electron chi connectivity index (χ3n) is 3.64. The van der Waals surface area contributed by atoms with E-state index < -0.39 is 0 Å². The largest absolute Gasteiger partial charge is 0.372 e. The molecule has 0 aromatic carbocycles. The van der Waals surface area contributed by atoms with E-state index in [4.69, 9.17) is 4.74 Å². The topological polar surface area (TPSA) is 41.6 Å². The van der Waals surface area contributed by atoms with Crippen LogP contribution in [0, 0.1) is 0 Å². The molecule has 106 valence electrons. The lowest BCUT2D eigenvalue weighted by atomic mass is 10.1. The first-order valence-corrected chi connectivity index (χ1v) is 6.82. The van der Waals surface area contributed by atoms with Crippen molar-refractivity contribution in [1.29, 1.82) is 0 Å². The zero-order valence-electron chi connectivity index (χ0n) is 11.4. The first kappa shape index (κ1) is 15.7. The van der Waals surface area contributed by atoms with Crippen molar-refractivity contribution in [3.63, 3.8) is 0 Å². The molecule has 2 aliphatic heterocycles. The SMILES string of the molecule is CC1CN(C(=O)CCC2CCCN2)CC(C)O1.Cl. The van der Waals surface area contributed by atoms with Crippen LogP contribution in [0.1, 0.15) is 39.5 Å². The van der Waals surface area contributed by atoms with Crippen LogP contribution in [0.25, 0.3) is 0 Å². The number of morpholine rings is 1. The van der Waals surface area contributed by atoms with Crippen LogP contribution in [0.15, 0.2) is 0 Å². The Morgan fingerprint density at radius 1 is 1.33 bits per heavy atom. The van der Waals surface area contributed by atoms with Crippen molar-refractivity contribution in [1.82, 2.24) is 10.2 Å². The second-order valence-corrected chi connectivity index (χ2v) is 5.39. The van der Waals surface area contributed by atoms with Crippen LogP contribution in [0.4, 0.5) is 0 Å². The van der Waals surface area contributed by atoms with Crippen molar-refractivity contribution in [3.05, 3.63) is 0 Å². The van der Waals surface area contributed by atoms with Crippen LogP contribution in [-0.2, 0) is 9.53 Å². The summed E-state index contributed by atoms with van der Waals surface area (Å²) in [6.07, 6.45) is 4.49. The average molecular weight is 277 g/mol. The maximum atomic E-state index is 12.1. The fraction of sp³-hybridized carbons (Fsp3) is 0.923. The van der Waals surface area contributed by atoms with E-state index in [9.17, 15) is 4.79 Å². The summed E-state index contributed by atoms with van der Waals surface area (Å²) in [6, 6.07) is 0.565. The van der Waals surface area contributed by atoms with Crippen LogP contribution in [0.2, 0.25) is 0 Å². The van der Waals surface area contributed by atoms with Crippen molar-refractivity contribution in [2.45, 2.75) is 57.8 Å². The van der Waals surface area contributed by atoms with Gasteiger partial charge >= 0.3 is 0 Å². The van der Waals surface area contributed by atoms with Gasteiger partial charge in [-0.2, -0.15) is 0 Å². The number of hydrogen-bond acceptors (Lipinski definition) is 3. The molecule has 0 radical (unpaired) electrons. The number of rotatable bonds is 3. The first-order chi connectivity index (χ1) is 8.15. The summed E-state index contributed by atoms with van der Waals surface area (Å²) in [6.45, 7) is 6.69. The van der Waals surface area contributed by atoms with Gasteiger partial charge in [0.15, 0.2) is 0 Å². The van der Waals surface area contributed by atoms with E-state index >= 15 is 0 Å². The van der Waals surface area contributed by atoms with Crippen molar-refractivity contribution in [2.75, 3.05) is 19.6 Å². The summed E-state index contributed by atoms with van der Waals surface area (Å²) in [4.78, 5) is 14.1. The van der Waals surface area contributed by atoms with Gasteiger partial charge in [-0.3, -0.25) is 4.79 Å². The highest BCUT2D eigenvalue weighted by Crippen LogP contribution is 2.15. The fourth-order valence-electron chi connectivity index (χ4n) is 2.84. The van der Waals surface area contributed by atoms with Crippen LogP contribution >= 0.6 is 12.4 Å². The van der Waals surface area contributed by atoms with Crippen molar-refractivity contribution < 1.29 is 9.53 Å². The molecule has 2 heterocycles. The van der Waals surface area contributed by atoms with Crippen LogP contribution in [0.5, 0.6) is 0 Å². The second kappa shape index (κ2) is 7.31. The molecule has 4 nitrogen and oxygen atoms in total. The third-order valence-corrected chi connectivity index (χ3v) is 3.64. The van der Waals surface area contributed by atoms with E-state index in [0.717, 1.165) is 26.1 Å². The monoisotopic (exact) mass is 276 g/mol. The van der Waals surface area contributed by atoms with Crippen LogP contribution in [0.3, 0.4) is 0 Å². The van der Waals surface area contributed by atoms with Gasteiger partial charge in [-0.05, 0) is 39.7 Å². The fourth-order valence-corrected chi connectivity index (χ4v) is 2.84. The molecule has 0 spiro atoms. The number of nitrogens with one attached hydrogen (secondary N) is 1. The van der Waals surface area contributed by atoms with E-state index in [0.29, 0.717) is 18.4 Å². The molecule has 1 N–H and O–H groups in total. The average Bonchev–Trinajstić information content (AvgIpc) is 2.77. The Balaban J connectivity index is 0.00000162. The molecule has 5 heteroatoms. The highest BCUT2D eigenvalue weighted by atomic mass is 35.5. The standard InChI is InChI=1S/C13H24N2O2.ClH/c1-10-8-15(9-11(2)17-10)13(16)6-5-12-4-3-7-14-12;/h10-12,14H,3-9H2,1-2H3;1H. The molecule has 0 aliphatic carbocycles. The number of halogens is 1. The van der Waals surface area contributed by atoms with Gasteiger partial charge in [0, 0.05) is 25.6 Å². The van der Waals surface area contributed by atoms with Gasteiger partial charge in [-0.15, -0.1) is 12.4 Å². The Bertz CT molecular complexity index is 260. The van der Waals surface area contributed by atoms with Gasteiger partial charge in [-0.25, -0.2) is 0 Å². The maximum absolute atomic E-state index is 12.1. The van der Waals surface area contributed by atoms with Gasteiger partial charge in [0.1, 0.15) is 0 Å². The van der Waals surface area contributed by atoms with E-state index in [1.807, 2.05) is 18.7 Å². The molecule has 3 atom stereocenters. The molecule has 2 aliphatic rings. The van der Waals surface area contributed by atoms with E-state index in [1.54, 1.807) is 0 Å². The summed E-state index contributed by atoms with van der Waals surface area (Å²) in [5, 5.41) is 3.44. The van der Waals surface area contributed by atoms with E-state index in [2.05, 4.69) is 5.32 Å². The molecule has 0 aromatic rings. The lowest BCUT2D eigenvalue weighted by Gasteiger charge is -2.35. The van der Waals surface area contributed by atoms with Crippen molar-refractivity contribution in [2.24, 2.45) is 0 Å². The maximum Gasteiger partial charge on any atom is 0.222 e. The number of carbonyl (C=O) groups excluding carboxylic acids is 1. The predicted molar refractivity (Wildman–Crippen MR) is 74.1 cm³/mol. The van der Waals surface area contributed by atoms with Crippen LogP contribution < -0.4 is 5.32 Å². The molecule has 0 aromatic heterocycles. The van der Waals surface area contributed by atoms with Gasteiger partial charge in [-0.1, -0.05) is 0 Å². The molecule has 2 rings (SSSR count). The summed E-state index contributed by atoms with van der Waals surface area (Å²) in [5.74, 6) is 0.292. The summed E-state index contributed by atoms with van der Waals surface area (Å²) in [5.41, 5.74) is 0.